The van der Waals surface area contributed by atoms with Gasteiger partial charge >= 0.3 is 5.97 Å². The molecule has 2 N–H and O–H groups in total. The van der Waals surface area contributed by atoms with Crippen LogP contribution in [0.25, 0.3) is 11.1 Å². The van der Waals surface area contributed by atoms with Crippen LogP contribution in [0.4, 0.5) is 0 Å². The number of halogens is 1. The van der Waals surface area contributed by atoms with Crippen molar-refractivity contribution in [2.45, 2.75) is 26.3 Å². The van der Waals surface area contributed by atoms with Gasteiger partial charge in [0.25, 0.3) is 0 Å². The first-order chi connectivity index (χ1) is 13.0. The SMILES string of the molecule is CCCC(=O)Oc1[nH]c(CNC)c(-c2ccc(OC)c(OC)c2OC)c1Br. The highest BCUT2D eigenvalue weighted by Crippen LogP contribution is 2.49. The van der Waals surface area contributed by atoms with Gasteiger partial charge in [-0.25, -0.2) is 0 Å². The number of esters is 1. The fourth-order valence-electron chi connectivity index (χ4n) is 2.83. The first-order valence-corrected chi connectivity index (χ1v) is 9.36. The number of nitrogens with one attached hydrogen (secondary N) is 2. The van der Waals surface area contributed by atoms with Gasteiger partial charge in [0.1, 0.15) is 0 Å². The molecule has 8 heteroatoms. The van der Waals surface area contributed by atoms with Crippen LogP contribution in [0.15, 0.2) is 16.6 Å². The van der Waals surface area contributed by atoms with Crippen molar-refractivity contribution in [1.29, 1.82) is 0 Å². The molecule has 0 aliphatic rings. The molecular formula is C19H25BrN2O5. The van der Waals surface area contributed by atoms with Gasteiger partial charge in [-0.2, -0.15) is 0 Å². The third-order valence-electron chi connectivity index (χ3n) is 3.98. The first kappa shape index (κ1) is 21.1. The van der Waals surface area contributed by atoms with Crippen LogP contribution in [0, 0.1) is 0 Å². The smallest absolute Gasteiger partial charge is 0.312 e. The Morgan fingerprint density at radius 1 is 1.15 bits per heavy atom. The highest BCUT2D eigenvalue weighted by Gasteiger charge is 2.25. The van der Waals surface area contributed by atoms with E-state index in [9.17, 15) is 4.79 Å². The highest BCUT2D eigenvalue weighted by atomic mass is 79.9. The number of H-pyrrole nitrogens is 1. The van der Waals surface area contributed by atoms with Crippen molar-refractivity contribution in [3.05, 3.63) is 22.3 Å². The van der Waals surface area contributed by atoms with E-state index in [0.717, 1.165) is 23.2 Å². The van der Waals surface area contributed by atoms with Crippen LogP contribution in [-0.4, -0.2) is 39.3 Å². The summed E-state index contributed by atoms with van der Waals surface area (Å²) in [6.45, 7) is 2.47. The Hall–Kier alpha value is -2.19. The zero-order valence-electron chi connectivity index (χ0n) is 16.2. The van der Waals surface area contributed by atoms with Gasteiger partial charge in [-0.15, -0.1) is 0 Å². The van der Waals surface area contributed by atoms with Crippen LogP contribution in [0.1, 0.15) is 25.5 Å². The molecule has 7 nitrogen and oxygen atoms in total. The van der Waals surface area contributed by atoms with Gasteiger partial charge in [0, 0.05) is 29.8 Å². The molecule has 0 spiro atoms. The molecule has 27 heavy (non-hydrogen) atoms. The maximum atomic E-state index is 11.9. The van der Waals surface area contributed by atoms with Crippen molar-refractivity contribution in [2.75, 3.05) is 28.4 Å². The topological polar surface area (TPSA) is 81.8 Å². The molecule has 0 fully saturated rings. The van der Waals surface area contributed by atoms with E-state index in [1.165, 1.54) is 0 Å². The lowest BCUT2D eigenvalue weighted by Crippen LogP contribution is -2.08. The Morgan fingerprint density at radius 3 is 2.41 bits per heavy atom. The predicted octanol–water partition coefficient (Wildman–Crippen LogP) is 3.89. The lowest BCUT2D eigenvalue weighted by Gasteiger charge is -2.16. The summed E-state index contributed by atoms with van der Waals surface area (Å²) in [7, 11) is 6.54. The van der Waals surface area contributed by atoms with Crippen LogP contribution < -0.4 is 24.3 Å². The van der Waals surface area contributed by atoms with Crippen molar-refractivity contribution in [2.24, 2.45) is 0 Å². The molecule has 0 saturated carbocycles. The zero-order chi connectivity index (χ0) is 20.0. The minimum atomic E-state index is -0.290. The van der Waals surface area contributed by atoms with Crippen molar-refractivity contribution < 1.29 is 23.7 Å². The quantitative estimate of drug-likeness (QED) is 0.575. The lowest BCUT2D eigenvalue weighted by atomic mass is 10.0. The second kappa shape index (κ2) is 9.66. The van der Waals surface area contributed by atoms with E-state index >= 15 is 0 Å². The molecule has 2 aromatic rings. The predicted molar refractivity (Wildman–Crippen MR) is 107 cm³/mol. The Bertz CT molecular complexity index is 804. The van der Waals surface area contributed by atoms with Gasteiger partial charge < -0.3 is 29.2 Å². The largest absolute Gasteiger partial charge is 0.493 e. The maximum absolute atomic E-state index is 11.9. The summed E-state index contributed by atoms with van der Waals surface area (Å²) in [6, 6.07) is 3.69. The summed E-state index contributed by atoms with van der Waals surface area (Å²) in [6.07, 6.45) is 1.07. The van der Waals surface area contributed by atoms with Crippen LogP contribution in [0.3, 0.4) is 0 Å². The van der Waals surface area contributed by atoms with Crippen molar-refractivity contribution >= 4 is 21.9 Å². The van der Waals surface area contributed by atoms with Gasteiger partial charge in [0.2, 0.25) is 11.6 Å². The standard InChI is InChI=1S/C19H25BrN2O5/c1-6-7-14(23)27-19-16(20)15(12(22-19)10-21-2)11-8-9-13(24-3)18(26-5)17(11)25-4/h8-9,21-22H,6-7,10H2,1-5H3. The van der Waals surface area contributed by atoms with E-state index in [2.05, 4.69) is 26.2 Å². The lowest BCUT2D eigenvalue weighted by molar-refractivity contribution is -0.134. The average molecular weight is 441 g/mol. The molecule has 148 valence electrons. The summed E-state index contributed by atoms with van der Waals surface area (Å²) >= 11 is 3.57. The molecule has 0 radical (unpaired) electrons. The Kier molecular flexibility index (Phi) is 7.55. The molecule has 0 saturated heterocycles. The Balaban J connectivity index is 2.63. The van der Waals surface area contributed by atoms with Crippen molar-refractivity contribution in [3.8, 4) is 34.3 Å². The fraction of sp³-hybridized carbons (Fsp3) is 0.421. The number of hydrogen-bond acceptors (Lipinski definition) is 6. The molecule has 1 aromatic heterocycles. The minimum Gasteiger partial charge on any atom is -0.493 e. The second-order valence-corrected chi connectivity index (χ2v) is 6.55. The molecule has 0 bridgehead atoms. The highest BCUT2D eigenvalue weighted by molar-refractivity contribution is 9.10. The minimum absolute atomic E-state index is 0.290. The van der Waals surface area contributed by atoms with Gasteiger partial charge in [-0.3, -0.25) is 4.79 Å². The third kappa shape index (κ3) is 4.39. The molecule has 0 amide bonds. The van der Waals surface area contributed by atoms with E-state index < -0.39 is 0 Å². The van der Waals surface area contributed by atoms with Crippen LogP contribution in [0.5, 0.6) is 23.1 Å². The summed E-state index contributed by atoms with van der Waals surface area (Å²) < 4.78 is 22.6. The summed E-state index contributed by atoms with van der Waals surface area (Å²) in [5.74, 6) is 1.66. The van der Waals surface area contributed by atoms with E-state index in [1.54, 1.807) is 21.3 Å². The molecule has 1 aromatic carbocycles. The Labute approximate surface area is 167 Å². The van der Waals surface area contributed by atoms with Crippen LogP contribution in [0.2, 0.25) is 0 Å². The molecule has 0 unspecified atom stereocenters. The summed E-state index contributed by atoms with van der Waals surface area (Å²) in [5.41, 5.74) is 2.44. The molecule has 0 aliphatic heterocycles. The number of hydrogen-bond donors (Lipinski definition) is 2. The molecule has 2 rings (SSSR count). The third-order valence-corrected chi connectivity index (χ3v) is 4.74. The van der Waals surface area contributed by atoms with Gasteiger partial charge in [0.05, 0.1) is 25.8 Å². The monoisotopic (exact) mass is 440 g/mol. The van der Waals surface area contributed by atoms with Crippen LogP contribution >= 0.6 is 15.9 Å². The van der Waals surface area contributed by atoms with E-state index in [0.29, 0.717) is 40.6 Å². The number of rotatable bonds is 9. The summed E-state index contributed by atoms with van der Waals surface area (Å²) in [5, 5.41) is 3.11. The van der Waals surface area contributed by atoms with Crippen LogP contribution in [-0.2, 0) is 11.3 Å². The number of methoxy groups -OCH3 is 3. The van der Waals surface area contributed by atoms with E-state index in [4.69, 9.17) is 18.9 Å². The number of carbonyl (C=O) groups is 1. The van der Waals surface area contributed by atoms with Gasteiger partial charge in [0.15, 0.2) is 11.5 Å². The first-order valence-electron chi connectivity index (χ1n) is 8.57. The number of carbonyl (C=O) groups excluding carboxylic acids is 1. The van der Waals surface area contributed by atoms with Crippen molar-refractivity contribution in [3.63, 3.8) is 0 Å². The van der Waals surface area contributed by atoms with E-state index in [-0.39, 0.29) is 5.97 Å². The number of benzene rings is 1. The maximum Gasteiger partial charge on any atom is 0.312 e. The molecule has 0 atom stereocenters. The molecular weight excluding hydrogens is 416 g/mol. The molecule has 1 heterocycles. The fourth-order valence-corrected chi connectivity index (χ4v) is 3.46. The number of aromatic amines is 1. The Morgan fingerprint density at radius 2 is 1.85 bits per heavy atom. The summed E-state index contributed by atoms with van der Waals surface area (Å²) in [4.78, 5) is 15.1. The van der Waals surface area contributed by atoms with Gasteiger partial charge in [-0.05, 0) is 41.5 Å². The van der Waals surface area contributed by atoms with E-state index in [1.807, 2.05) is 26.1 Å². The normalized spacial score (nSPS) is 10.6. The number of ether oxygens (including phenoxy) is 4. The van der Waals surface area contributed by atoms with Crippen molar-refractivity contribution in [1.82, 2.24) is 10.3 Å². The number of aromatic nitrogens is 1. The average Bonchev–Trinajstić information content (AvgIpc) is 2.95. The molecule has 0 aliphatic carbocycles. The second-order valence-electron chi connectivity index (χ2n) is 5.76. The zero-order valence-corrected chi connectivity index (χ0v) is 17.8. The van der Waals surface area contributed by atoms with Gasteiger partial charge in [-0.1, -0.05) is 6.92 Å².